The standard InChI is InChI=1S/C14H20N4/c1-4-10-5-6-12-13(7-10)17-14(16-12)11-8-15-18(3)9(11)2/h8,10H,4-7H2,1-3H3,(H,16,17). The highest BCUT2D eigenvalue weighted by atomic mass is 15.3. The van der Waals surface area contributed by atoms with Gasteiger partial charge in [-0.15, -0.1) is 0 Å². The van der Waals surface area contributed by atoms with Crippen LogP contribution in [0, 0.1) is 12.8 Å². The average molecular weight is 244 g/mol. The highest BCUT2D eigenvalue weighted by Gasteiger charge is 2.22. The Balaban J connectivity index is 1.96. The van der Waals surface area contributed by atoms with E-state index in [1.54, 1.807) is 0 Å². The monoisotopic (exact) mass is 244 g/mol. The van der Waals surface area contributed by atoms with E-state index in [1.807, 2.05) is 17.9 Å². The van der Waals surface area contributed by atoms with Gasteiger partial charge in [-0.3, -0.25) is 4.68 Å². The maximum Gasteiger partial charge on any atom is 0.141 e. The number of hydrogen-bond donors (Lipinski definition) is 1. The third kappa shape index (κ3) is 1.76. The Morgan fingerprint density at radius 1 is 1.50 bits per heavy atom. The number of nitrogens with one attached hydrogen (secondary N) is 1. The van der Waals surface area contributed by atoms with E-state index < -0.39 is 0 Å². The van der Waals surface area contributed by atoms with Crippen LogP contribution in [0.3, 0.4) is 0 Å². The number of nitrogens with zero attached hydrogens (tertiary/aromatic N) is 3. The van der Waals surface area contributed by atoms with Gasteiger partial charge < -0.3 is 4.98 Å². The van der Waals surface area contributed by atoms with Crippen LogP contribution in [-0.2, 0) is 19.9 Å². The third-order valence-electron chi connectivity index (χ3n) is 4.21. The van der Waals surface area contributed by atoms with Gasteiger partial charge in [-0.25, -0.2) is 4.98 Å². The molecule has 1 atom stereocenters. The fourth-order valence-electron chi connectivity index (χ4n) is 2.76. The van der Waals surface area contributed by atoms with Crippen molar-refractivity contribution in [3.05, 3.63) is 23.3 Å². The molecule has 0 bridgehead atoms. The van der Waals surface area contributed by atoms with Crippen LogP contribution in [0.5, 0.6) is 0 Å². The van der Waals surface area contributed by atoms with Crippen LogP contribution in [0.25, 0.3) is 11.4 Å². The number of aromatic nitrogens is 4. The van der Waals surface area contributed by atoms with Crippen molar-refractivity contribution in [1.82, 2.24) is 19.7 Å². The Bertz CT molecular complexity index is 564. The number of imidazole rings is 1. The SMILES string of the molecule is CCC1CCc2nc(-c3cnn(C)c3C)[nH]c2C1. The number of aryl methyl sites for hydroxylation is 2. The fraction of sp³-hybridized carbons (Fsp3) is 0.571. The Kier molecular flexibility index (Phi) is 2.73. The number of aromatic amines is 1. The molecule has 0 aromatic carbocycles. The van der Waals surface area contributed by atoms with Gasteiger partial charge in [0.05, 0.1) is 17.5 Å². The average Bonchev–Trinajstić information content (AvgIpc) is 2.93. The highest BCUT2D eigenvalue weighted by Crippen LogP contribution is 2.29. The lowest BCUT2D eigenvalue weighted by Crippen LogP contribution is -2.12. The second-order valence-electron chi connectivity index (χ2n) is 5.29. The van der Waals surface area contributed by atoms with Crippen molar-refractivity contribution in [1.29, 1.82) is 0 Å². The molecule has 0 saturated carbocycles. The van der Waals surface area contributed by atoms with Crippen molar-refractivity contribution in [3.63, 3.8) is 0 Å². The topological polar surface area (TPSA) is 46.5 Å². The minimum atomic E-state index is 0.820. The number of rotatable bonds is 2. The summed E-state index contributed by atoms with van der Waals surface area (Å²) in [5, 5.41) is 4.29. The van der Waals surface area contributed by atoms with E-state index in [9.17, 15) is 0 Å². The van der Waals surface area contributed by atoms with Gasteiger partial charge in [0.15, 0.2) is 0 Å². The van der Waals surface area contributed by atoms with Crippen LogP contribution in [0.2, 0.25) is 0 Å². The molecular formula is C14H20N4. The minimum Gasteiger partial charge on any atom is -0.342 e. The zero-order valence-electron chi connectivity index (χ0n) is 11.3. The summed E-state index contributed by atoms with van der Waals surface area (Å²) >= 11 is 0. The maximum atomic E-state index is 4.76. The number of hydrogen-bond acceptors (Lipinski definition) is 2. The third-order valence-corrected chi connectivity index (χ3v) is 4.21. The predicted octanol–water partition coefficient (Wildman–Crippen LogP) is 2.63. The summed E-state index contributed by atoms with van der Waals surface area (Å²) in [6.45, 7) is 4.36. The van der Waals surface area contributed by atoms with E-state index >= 15 is 0 Å². The molecule has 0 aliphatic heterocycles. The maximum absolute atomic E-state index is 4.76. The molecule has 1 unspecified atom stereocenters. The normalized spacial score (nSPS) is 18.9. The van der Waals surface area contributed by atoms with Gasteiger partial charge >= 0.3 is 0 Å². The Morgan fingerprint density at radius 3 is 3.00 bits per heavy atom. The Morgan fingerprint density at radius 2 is 2.33 bits per heavy atom. The van der Waals surface area contributed by atoms with Gasteiger partial charge in [0.25, 0.3) is 0 Å². The van der Waals surface area contributed by atoms with Crippen molar-refractivity contribution in [2.75, 3.05) is 0 Å². The summed E-state index contributed by atoms with van der Waals surface area (Å²) in [6, 6.07) is 0. The Labute approximate surface area is 107 Å². The summed E-state index contributed by atoms with van der Waals surface area (Å²) in [4.78, 5) is 8.26. The molecule has 4 heteroatoms. The zero-order valence-corrected chi connectivity index (χ0v) is 11.3. The number of fused-ring (bicyclic) bond motifs is 1. The van der Waals surface area contributed by atoms with Crippen molar-refractivity contribution in [2.45, 2.75) is 39.5 Å². The lowest BCUT2D eigenvalue weighted by atomic mass is 9.88. The molecule has 0 amide bonds. The second-order valence-corrected chi connectivity index (χ2v) is 5.29. The fourth-order valence-corrected chi connectivity index (χ4v) is 2.76. The second kappa shape index (κ2) is 4.26. The molecule has 0 fully saturated rings. The quantitative estimate of drug-likeness (QED) is 0.882. The van der Waals surface area contributed by atoms with Crippen LogP contribution in [0.4, 0.5) is 0 Å². The first kappa shape index (κ1) is 11.5. The molecule has 4 nitrogen and oxygen atoms in total. The smallest absolute Gasteiger partial charge is 0.141 e. The largest absolute Gasteiger partial charge is 0.342 e. The molecule has 2 aromatic rings. The van der Waals surface area contributed by atoms with E-state index in [0.717, 1.165) is 35.8 Å². The molecule has 2 aromatic heterocycles. The van der Waals surface area contributed by atoms with Gasteiger partial charge in [0.2, 0.25) is 0 Å². The Hall–Kier alpha value is -1.58. The van der Waals surface area contributed by atoms with Crippen molar-refractivity contribution >= 4 is 0 Å². The van der Waals surface area contributed by atoms with E-state index in [2.05, 4.69) is 23.9 Å². The molecule has 3 rings (SSSR count). The summed E-state index contributed by atoms with van der Waals surface area (Å²) in [5.74, 6) is 1.81. The van der Waals surface area contributed by atoms with Crippen molar-refractivity contribution in [3.8, 4) is 11.4 Å². The summed E-state index contributed by atoms with van der Waals surface area (Å²) in [7, 11) is 1.97. The van der Waals surface area contributed by atoms with Gasteiger partial charge in [-0.05, 0) is 32.1 Å². The van der Waals surface area contributed by atoms with Crippen molar-refractivity contribution < 1.29 is 0 Å². The molecule has 96 valence electrons. The van der Waals surface area contributed by atoms with Crippen LogP contribution in [-0.4, -0.2) is 19.7 Å². The van der Waals surface area contributed by atoms with Crippen LogP contribution >= 0.6 is 0 Å². The van der Waals surface area contributed by atoms with Gasteiger partial charge in [-0.2, -0.15) is 5.10 Å². The summed E-state index contributed by atoms with van der Waals surface area (Å²) < 4.78 is 1.89. The first-order valence-corrected chi connectivity index (χ1v) is 6.75. The van der Waals surface area contributed by atoms with Gasteiger partial charge in [-0.1, -0.05) is 13.3 Å². The van der Waals surface area contributed by atoms with Crippen LogP contribution in [0.15, 0.2) is 6.20 Å². The van der Waals surface area contributed by atoms with E-state index in [1.165, 1.54) is 24.2 Å². The lowest BCUT2D eigenvalue weighted by Gasteiger charge is -2.18. The summed E-state index contributed by atoms with van der Waals surface area (Å²) in [6.07, 6.45) is 6.71. The van der Waals surface area contributed by atoms with Gasteiger partial charge in [0, 0.05) is 18.4 Å². The molecule has 1 N–H and O–H groups in total. The lowest BCUT2D eigenvalue weighted by molar-refractivity contribution is 0.438. The molecule has 18 heavy (non-hydrogen) atoms. The molecule has 1 aliphatic rings. The van der Waals surface area contributed by atoms with Crippen LogP contribution < -0.4 is 0 Å². The first-order valence-electron chi connectivity index (χ1n) is 6.75. The molecule has 0 saturated heterocycles. The molecule has 2 heterocycles. The zero-order chi connectivity index (χ0) is 12.7. The van der Waals surface area contributed by atoms with Crippen molar-refractivity contribution in [2.24, 2.45) is 13.0 Å². The van der Waals surface area contributed by atoms with E-state index in [0.29, 0.717) is 0 Å². The molecule has 0 radical (unpaired) electrons. The molecular weight excluding hydrogens is 224 g/mol. The predicted molar refractivity (Wildman–Crippen MR) is 71.3 cm³/mol. The highest BCUT2D eigenvalue weighted by molar-refractivity contribution is 5.58. The minimum absolute atomic E-state index is 0.820. The number of H-pyrrole nitrogens is 1. The van der Waals surface area contributed by atoms with Crippen LogP contribution in [0.1, 0.15) is 36.8 Å². The van der Waals surface area contributed by atoms with Gasteiger partial charge in [0.1, 0.15) is 5.82 Å². The van der Waals surface area contributed by atoms with E-state index in [-0.39, 0.29) is 0 Å². The molecule has 1 aliphatic carbocycles. The molecule has 0 spiro atoms. The first-order chi connectivity index (χ1) is 8.69. The van der Waals surface area contributed by atoms with E-state index in [4.69, 9.17) is 4.98 Å². The summed E-state index contributed by atoms with van der Waals surface area (Å²) in [5.41, 5.74) is 4.89.